The number of methoxy groups -OCH3 is 1. The first-order valence-corrected chi connectivity index (χ1v) is 16.0. The maximum atomic E-state index is 15.2. The van der Waals surface area contributed by atoms with Crippen molar-refractivity contribution < 1.29 is 40.2 Å². The van der Waals surface area contributed by atoms with E-state index < -0.39 is 38.0 Å². The number of hydrogen-bond acceptors (Lipinski definition) is 8. The van der Waals surface area contributed by atoms with Gasteiger partial charge in [0.05, 0.1) is 35.4 Å². The van der Waals surface area contributed by atoms with Crippen molar-refractivity contribution in [2.75, 3.05) is 53.5 Å². The molecular weight excluding hydrogens is 614 g/mol. The molecule has 5 rings (SSSR count). The quantitative estimate of drug-likeness (QED) is 0.141. The summed E-state index contributed by atoms with van der Waals surface area (Å²) in [5, 5.41) is 0.530. The molecule has 8 nitrogen and oxygen atoms in total. The average molecular weight is 648 g/mol. The van der Waals surface area contributed by atoms with Gasteiger partial charge in [0.1, 0.15) is 5.75 Å². The Bertz CT molecular complexity index is 1760. The molecule has 0 atom stereocenters. The zero-order valence-corrected chi connectivity index (χ0v) is 25.6. The molecule has 45 heavy (non-hydrogen) atoms. The summed E-state index contributed by atoms with van der Waals surface area (Å²) in [5.41, 5.74) is -0.793. The number of sulfone groups is 1. The molecule has 0 unspecified atom stereocenters. The monoisotopic (exact) mass is 647 g/mol. The van der Waals surface area contributed by atoms with Gasteiger partial charge in [-0.1, -0.05) is 18.2 Å². The van der Waals surface area contributed by atoms with E-state index in [4.69, 9.17) is 14.2 Å². The SMILES string of the molecule is COc1cc2nccc(Oc3ccc(CS(=O)(=O)c4ccccc4C(F)(F)F)cc3F)c2cc1OCCCN1CCN(C)CC1. The third kappa shape index (κ3) is 7.84. The number of likely N-dealkylation sites (N-methyl/N-ethyl adjacent to an activating group) is 1. The largest absolute Gasteiger partial charge is 0.493 e. The number of rotatable bonds is 11. The van der Waals surface area contributed by atoms with Crippen molar-refractivity contribution in [3.63, 3.8) is 0 Å². The van der Waals surface area contributed by atoms with Crippen LogP contribution in [0, 0.1) is 5.82 Å². The van der Waals surface area contributed by atoms with Crippen molar-refractivity contribution in [2.45, 2.75) is 23.2 Å². The van der Waals surface area contributed by atoms with Crippen molar-refractivity contribution >= 4 is 20.7 Å². The Balaban J connectivity index is 1.31. The van der Waals surface area contributed by atoms with Crippen LogP contribution in [-0.4, -0.2) is 76.7 Å². The van der Waals surface area contributed by atoms with Gasteiger partial charge in [-0.25, -0.2) is 12.8 Å². The van der Waals surface area contributed by atoms with Gasteiger partial charge in [-0.15, -0.1) is 0 Å². The van der Waals surface area contributed by atoms with Crippen molar-refractivity contribution in [3.05, 3.63) is 83.8 Å². The number of ether oxygens (including phenoxy) is 3. The maximum absolute atomic E-state index is 15.2. The number of benzene rings is 3. The highest BCUT2D eigenvalue weighted by Crippen LogP contribution is 2.38. The van der Waals surface area contributed by atoms with Crippen molar-refractivity contribution in [3.8, 4) is 23.0 Å². The Kier molecular flexibility index (Phi) is 9.80. The Morgan fingerprint density at radius 3 is 2.38 bits per heavy atom. The normalized spacial score (nSPS) is 14.9. The zero-order chi connectivity index (χ0) is 32.2. The van der Waals surface area contributed by atoms with Gasteiger partial charge in [-0.2, -0.15) is 13.2 Å². The first-order chi connectivity index (χ1) is 21.4. The van der Waals surface area contributed by atoms with Gasteiger partial charge in [0, 0.05) is 50.4 Å². The Hall–Kier alpha value is -3.94. The van der Waals surface area contributed by atoms with Crippen LogP contribution < -0.4 is 14.2 Å². The van der Waals surface area contributed by atoms with E-state index in [2.05, 4.69) is 21.8 Å². The Morgan fingerprint density at radius 2 is 1.67 bits per heavy atom. The summed E-state index contributed by atoms with van der Waals surface area (Å²) >= 11 is 0. The molecule has 1 saturated heterocycles. The number of piperazine rings is 1. The van der Waals surface area contributed by atoms with Gasteiger partial charge < -0.3 is 24.0 Å². The van der Waals surface area contributed by atoms with Gasteiger partial charge in [0.2, 0.25) is 0 Å². The number of aromatic nitrogens is 1. The lowest BCUT2D eigenvalue weighted by Gasteiger charge is -2.32. The lowest BCUT2D eigenvalue weighted by molar-refractivity contribution is -0.139. The highest BCUT2D eigenvalue weighted by atomic mass is 32.2. The van der Waals surface area contributed by atoms with E-state index in [-0.39, 0.29) is 17.1 Å². The lowest BCUT2D eigenvalue weighted by Crippen LogP contribution is -2.44. The van der Waals surface area contributed by atoms with Crippen LogP contribution in [0.3, 0.4) is 0 Å². The van der Waals surface area contributed by atoms with E-state index in [1.54, 1.807) is 18.2 Å². The van der Waals surface area contributed by atoms with E-state index in [1.165, 1.54) is 31.5 Å². The second kappa shape index (κ2) is 13.6. The minimum Gasteiger partial charge on any atom is -0.493 e. The molecule has 0 bridgehead atoms. The maximum Gasteiger partial charge on any atom is 0.417 e. The number of fused-ring (bicyclic) bond motifs is 1. The molecule has 3 aromatic carbocycles. The molecule has 2 heterocycles. The van der Waals surface area contributed by atoms with Crippen LogP contribution in [0.15, 0.2) is 71.8 Å². The number of alkyl halides is 3. The summed E-state index contributed by atoms with van der Waals surface area (Å²) in [4.78, 5) is 8.19. The topological polar surface area (TPSA) is 81.2 Å². The standard InChI is InChI=1S/C32H33F4N3O5S/c1-38-13-15-39(16-14-38)12-5-17-43-30-19-23-26(20-29(30)42-2)37-11-10-27(23)44-28-9-8-22(18-25(28)33)21-45(40,41)31-7-4-3-6-24(31)32(34,35)36/h3-4,6-11,18-20H,5,12-17,21H2,1-2H3. The Morgan fingerprint density at radius 1 is 0.911 bits per heavy atom. The molecular formula is C32H33F4N3O5S. The van der Waals surface area contributed by atoms with Crippen molar-refractivity contribution in [1.29, 1.82) is 0 Å². The molecule has 1 fully saturated rings. The van der Waals surface area contributed by atoms with E-state index in [1.807, 2.05) is 0 Å². The summed E-state index contributed by atoms with van der Waals surface area (Å²) in [7, 11) is -0.803. The molecule has 4 aromatic rings. The summed E-state index contributed by atoms with van der Waals surface area (Å²) < 4.78 is 98.7. The molecule has 0 radical (unpaired) electrons. The minimum atomic E-state index is -4.86. The molecule has 1 aromatic heterocycles. The molecule has 0 spiro atoms. The highest BCUT2D eigenvalue weighted by Gasteiger charge is 2.36. The predicted molar refractivity (Wildman–Crippen MR) is 161 cm³/mol. The lowest BCUT2D eigenvalue weighted by atomic mass is 10.1. The first-order valence-electron chi connectivity index (χ1n) is 14.3. The summed E-state index contributed by atoms with van der Waals surface area (Å²) in [6.45, 7) is 5.47. The molecule has 0 amide bonds. The van der Waals surface area contributed by atoms with E-state index in [0.29, 0.717) is 35.1 Å². The molecule has 1 aliphatic heterocycles. The van der Waals surface area contributed by atoms with Crippen LogP contribution in [0.1, 0.15) is 17.5 Å². The van der Waals surface area contributed by atoms with Crippen LogP contribution in [0.25, 0.3) is 10.9 Å². The van der Waals surface area contributed by atoms with E-state index >= 15 is 4.39 Å². The summed E-state index contributed by atoms with van der Waals surface area (Å²) in [5.74, 6) is -0.694. The minimum absolute atomic E-state index is 0.0339. The van der Waals surface area contributed by atoms with E-state index in [0.717, 1.165) is 57.3 Å². The van der Waals surface area contributed by atoms with Crippen LogP contribution >= 0.6 is 0 Å². The Labute approximate surface area is 259 Å². The number of pyridine rings is 1. The van der Waals surface area contributed by atoms with E-state index in [9.17, 15) is 21.6 Å². The number of halogens is 4. The van der Waals surface area contributed by atoms with Crippen LogP contribution in [0.5, 0.6) is 23.0 Å². The van der Waals surface area contributed by atoms with Crippen molar-refractivity contribution in [1.82, 2.24) is 14.8 Å². The zero-order valence-electron chi connectivity index (χ0n) is 24.8. The van der Waals surface area contributed by atoms with Crippen molar-refractivity contribution in [2.24, 2.45) is 0 Å². The van der Waals surface area contributed by atoms with Gasteiger partial charge in [0.15, 0.2) is 32.9 Å². The smallest absolute Gasteiger partial charge is 0.417 e. The van der Waals surface area contributed by atoms with Gasteiger partial charge in [-0.05, 0) is 55.4 Å². The van der Waals surface area contributed by atoms with Gasteiger partial charge in [-0.3, -0.25) is 4.98 Å². The third-order valence-electron chi connectivity index (χ3n) is 7.56. The molecule has 1 aliphatic rings. The fraction of sp³-hybridized carbons (Fsp3) is 0.344. The predicted octanol–water partition coefficient (Wildman–Crippen LogP) is 6.18. The fourth-order valence-electron chi connectivity index (χ4n) is 5.14. The number of nitrogens with zero attached hydrogens (tertiary/aromatic N) is 3. The summed E-state index contributed by atoms with van der Waals surface area (Å²) in [6, 6.07) is 12.3. The molecule has 0 saturated carbocycles. The molecule has 13 heteroatoms. The molecule has 0 N–H and O–H groups in total. The second-order valence-electron chi connectivity index (χ2n) is 10.8. The first kappa shape index (κ1) is 32.5. The highest BCUT2D eigenvalue weighted by molar-refractivity contribution is 7.90. The van der Waals surface area contributed by atoms with Crippen LogP contribution in [-0.2, 0) is 21.8 Å². The third-order valence-corrected chi connectivity index (χ3v) is 9.30. The fourth-order valence-corrected chi connectivity index (χ4v) is 6.71. The molecule has 0 aliphatic carbocycles. The summed E-state index contributed by atoms with van der Waals surface area (Å²) in [6.07, 6.45) is -2.56. The molecule has 240 valence electrons. The van der Waals surface area contributed by atoms with Crippen LogP contribution in [0.2, 0.25) is 0 Å². The average Bonchev–Trinajstić information content (AvgIpc) is 3.00. The second-order valence-corrected chi connectivity index (χ2v) is 12.8. The van der Waals surface area contributed by atoms with Gasteiger partial charge >= 0.3 is 6.18 Å². The number of hydrogen-bond donors (Lipinski definition) is 0. The van der Waals surface area contributed by atoms with Gasteiger partial charge in [0.25, 0.3) is 0 Å². The van der Waals surface area contributed by atoms with Crippen LogP contribution in [0.4, 0.5) is 17.6 Å².